The Balaban J connectivity index is 1.61. The molecule has 7 heteroatoms. The third-order valence-electron chi connectivity index (χ3n) is 6.12. The summed E-state index contributed by atoms with van der Waals surface area (Å²) in [5.41, 5.74) is 5.15. The second-order valence-corrected chi connectivity index (χ2v) is 9.08. The fourth-order valence-electron chi connectivity index (χ4n) is 4.31. The predicted octanol–water partition coefficient (Wildman–Crippen LogP) is 5.40. The Bertz CT molecular complexity index is 1210. The van der Waals surface area contributed by atoms with Crippen LogP contribution in [0.2, 0.25) is 0 Å². The number of phenolic OH excluding ortho intramolecular Hbond substituents is 2. The third-order valence-corrected chi connectivity index (χ3v) is 6.48. The van der Waals surface area contributed by atoms with Crippen molar-refractivity contribution in [3.05, 3.63) is 88.5 Å². The number of hydrogen-bond acceptors (Lipinski definition) is 5. The van der Waals surface area contributed by atoms with Gasteiger partial charge in [-0.25, -0.2) is 4.79 Å². The Labute approximate surface area is 211 Å². The average Bonchev–Trinajstić information content (AvgIpc) is 3.06. The van der Waals surface area contributed by atoms with E-state index < -0.39 is 0 Å². The summed E-state index contributed by atoms with van der Waals surface area (Å²) in [5.74, 6) is -0.575. The SMILES string of the molecule is CCCOC(=O)c1cccc(NC(=S)N2CCCc3cc(O)c(O)cc3C2)c1Cc1ccccc1. The highest BCUT2D eigenvalue weighted by Crippen LogP contribution is 2.32. The van der Waals surface area contributed by atoms with Crippen molar-refractivity contribution in [3.63, 3.8) is 0 Å². The highest BCUT2D eigenvalue weighted by molar-refractivity contribution is 7.80. The minimum absolute atomic E-state index is 0.102. The molecule has 0 saturated heterocycles. The maximum absolute atomic E-state index is 12.9. The van der Waals surface area contributed by atoms with Crippen molar-refractivity contribution in [2.24, 2.45) is 0 Å². The van der Waals surface area contributed by atoms with Crippen LogP contribution in [0.3, 0.4) is 0 Å². The van der Waals surface area contributed by atoms with Crippen LogP contribution in [0.15, 0.2) is 60.7 Å². The number of hydrogen-bond donors (Lipinski definition) is 3. The van der Waals surface area contributed by atoms with Crippen LogP contribution in [-0.2, 0) is 24.1 Å². The summed E-state index contributed by atoms with van der Waals surface area (Å²) in [6.07, 6.45) is 2.96. The first kappa shape index (κ1) is 24.5. The predicted molar refractivity (Wildman–Crippen MR) is 141 cm³/mol. The zero-order chi connectivity index (χ0) is 24.8. The van der Waals surface area contributed by atoms with Gasteiger partial charge in [0.05, 0.1) is 12.2 Å². The molecule has 0 unspecified atom stereocenters. The zero-order valence-corrected chi connectivity index (χ0v) is 20.6. The molecule has 0 aromatic heterocycles. The number of thiocarbonyl (C=S) groups is 1. The van der Waals surface area contributed by atoms with E-state index in [1.165, 1.54) is 0 Å². The first-order valence-corrected chi connectivity index (χ1v) is 12.3. The van der Waals surface area contributed by atoms with E-state index in [1.807, 2.05) is 54.3 Å². The molecule has 0 amide bonds. The Kier molecular flexibility index (Phi) is 7.87. The summed E-state index contributed by atoms with van der Waals surface area (Å²) in [4.78, 5) is 14.9. The van der Waals surface area contributed by atoms with Gasteiger partial charge in [0.2, 0.25) is 0 Å². The van der Waals surface area contributed by atoms with Crippen molar-refractivity contribution in [3.8, 4) is 11.5 Å². The van der Waals surface area contributed by atoms with Gasteiger partial charge in [0, 0.05) is 25.2 Å². The number of aromatic hydroxyl groups is 2. The summed E-state index contributed by atoms with van der Waals surface area (Å²) >= 11 is 5.79. The quantitative estimate of drug-likeness (QED) is 0.242. The van der Waals surface area contributed by atoms with E-state index in [9.17, 15) is 15.0 Å². The first-order valence-electron chi connectivity index (χ1n) is 11.9. The Morgan fingerprint density at radius 1 is 1.06 bits per heavy atom. The van der Waals surface area contributed by atoms with Crippen molar-refractivity contribution in [2.75, 3.05) is 18.5 Å². The lowest BCUT2D eigenvalue weighted by molar-refractivity contribution is 0.0504. The number of nitrogens with one attached hydrogen (secondary N) is 1. The molecule has 4 rings (SSSR count). The second kappa shape index (κ2) is 11.2. The maximum Gasteiger partial charge on any atom is 0.338 e. The number of rotatable bonds is 6. The Morgan fingerprint density at radius 3 is 2.54 bits per heavy atom. The van der Waals surface area contributed by atoms with E-state index in [0.29, 0.717) is 30.2 Å². The first-order chi connectivity index (χ1) is 17.0. The minimum atomic E-state index is -0.341. The molecule has 1 heterocycles. The lowest BCUT2D eigenvalue weighted by atomic mass is 9.97. The summed E-state index contributed by atoms with van der Waals surface area (Å²) in [6.45, 7) is 3.58. The van der Waals surface area contributed by atoms with Crippen molar-refractivity contribution in [2.45, 2.75) is 39.2 Å². The average molecular weight is 491 g/mol. The summed E-state index contributed by atoms with van der Waals surface area (Å²) in [7, 11) is 0. The molecular formula is C28H30N2O4S. The normalized spacial score (nSPS) is 13.0. The number of carbonyl (C=O) groups is 1. The van der Waals surface area contributed by atoms with E-state index in [4.69, 9.17) is 17.0 Å². The largest absolute Gasteiger partial charge is 0.504 e. The van der Waals surface area contributed by atoms with Gasteiger partial charge in [0.1, 0.15) is 0 Å². The molecule has 0 saturated carbocycles. The van der Waals surface area contributed by atoms with E-state index in [1.54, 1.807) is 18.2 Å². The molecule has 3 aromatic carbocycles. The van der Waals surface area contributed by atoms with E-state index in [2.05, 4.69) is 5.32 Å². The van der Waals surface area contributed by atoms with Crippen LogP contribution in [0.5, 0.6) is 11.5 Å². The molecule has 0 radical (unpaired) electrons. The summed E-state index contributed by atoms with van der Waals surface area (Å²) < 4.78 is 5.45. The van der Waals surface area contributed by atoms with Crippen molar-refractivity contribution < 1.29 is 19.7 Å². The van der Waals surface area contributed by atoms with Gasteiger partial charge in [0.25, 0.3) is 0 Å². The van der Waals surface area contributed by atoms with Crippen LogP contribution >= 0.6 is 12.2 Å². The highest BCUT2D eigenvalue weighted by Gasteiger charge is 2.21. The number of ether oxygens (including phenoxy) is 1. The van der Waals surface area contributed by atoms with Gasteiger partial charge < -0.3 is 25.2 Å². The monoisotopic (exact) mass is 490 g/mol. The molecule has 35 heavy (non-hydrogen) atoms. The molecule has 1 aliphatic rings. The van der Waals surface area contributed by atoms with Gasteiger partial charge in [-0.05, 0) is 78.0 Å². The van der Waals surface area contributed by atoms with Gasteiger partial charge in [-0.3, -0.25) is 0 Å². The van der Waals surface area contributed by atoms with Crippen LogP contribution in [0, 0.1) is 0 Å². The third kappa shape index (κ3) is 5.92. The van der Waals surface area contributed by atoms with Crippen molar-refractivity contribution in [1.29, 1.82) is 0 Å². The molecule has 6 nitrogen and oxygen atoms in total. The molecule has 0 aliphatic carbocycles. The van der Waals surface area contributed by atoms with Crippen LogP contribution in [0.1, 0.15) is 52.4 Å². The van der Waals surface area contributed by atoms with Crippen LogP contribution < -0.4 is 5.32 Å². The second-order valence-electron chi connectivity index (χ2n) is 8.69. The molecule has 0 fully saturated rings. The van der Waals surface area contributed by atoms with E-state index >= 15 is 0 Å². The fourth-order valence-corrected chi connectivity index (χ4v) is 4.58. The number of esters is 1. The van der Waals surface area contributed by atoms with Crippen LogP contribution in [-0.4, -0.2) is 39.3 Å². The molecular weight excluding hydrogens is 460 g/mol. The summed E-state index contributed by atoms with van der Waals surface area (Å²) in [6, 6.07) is 18.8. The lowest BCUT2D eigenvalue weighted by Crippen LogP contribution is -2.34. The van der Waals surface area contributed by atoms with Gasteiger partial charge in [-0.15, -0.1) is 0 Å². The van der Waals surface area contributed by atoms with Crippen molar-refractivity contribution >= 4 is 29.0 Å². The number of fused-ring (bicyclic) bond motifs is 1. The smallest absolute Gasteiger partial charge is 0.338 e. The molecule has 3 N–H and O–H groups in total. The fraction of sp³-hybridized carbons (Fsp3) is 0.286. The lowest BCUT2D eigenvalue weighted by Gasteiger charge is -2.26. The minimum Gasteiger partial charge on any atom is -0.504 e. The summed E-state index contributed by atoms with van der Waals surface area (Å²) in [5, 5.41) is 23.8. The molecule has 0 spiro atoms. The van der Waals surface area contributed by atoms with Crippen LogP contribution in [0.4, 0.5) is 5.69 Å². The zero-order valence-electron chi connectivity index (χ0n) is 19.8. The van der Waals surface area contributed by atoms with E-state index in [0.717, 1.165) is 53.7 Å². The molecule has 0 atom stereocenters. The molecule has 0 bridgehead atoms. The number of phenols is 2. The molecule has 3 aromatic rings. The number of anilines is 1. The number of carbonyl (C=O) groups excluding carboxylic acids is 1. The topological polar surface area (TPSA) is 82.0 Å². The van der Waals surface area contributed by atoms with Crippen molar-refractivity contribution in [1.82, 2.24) is 4.90 Å². The van der Waals surface area contributed by atoms with Gasteiger partial charge in [-0.1, -0.05) is 43.3 Å². The van der Waals surface area contributed by atoms with Gasteiger partial charge in [0.15, 0.2) is 16.6 Å². The van der Waals surface area contributed by atoms with Gasteiger partial charge in [-0.2, -0.15) is 0 Å². The Hall–Kier alpha value is -3.58. The number of aryl methyl sites for hydroxylation is 1. The standard InChI is InChI=1S/C28H30N2O4S/c1-2-14-34-27(33)22-11-6-12-24(23(22)15-19-8-4-3-5-9-19)29-28(35)30-13-7-10-20-16-25(31)26(32)17-21(20)18-30/h3-6,8-9,11-12,16-17,31-32H,2,7,10,13-15,18H2,1H3,(H,29,35). The van der Waals surface area contributed by atoms with Crippen LogP contribution in [0.25, 0.3) is 0 Å². The Morgan fingerprint density at radius 2 is 1.80 bits per heavy atom. The van der Waals surface area contributed by atoms with Gasteiger partial charge >= 0.3 is 5.97 Å². The number of nitrogens with zero attached hydrogens (tertiary/aromatic N) is 1. The maximum atomic E-state index is 12.9. The molecule has 1 aliphatic heterocycles. The van der Waals surface area contributed by atoms with E-state index in [-0.39, 0.29) is 17.5 Å². The highest BCUT2D eigenvalue weighted by atomic mass is 32.1. The molecule has 182 valence electrons. The number of benzene rings is 3.